The number of nitrogens with two attached hydrogens (primary N) is 2. The van der Waals surface area contributed by atoms with Crippen molar-refractivity contribution in [3.63, 3.8) is 0 Å². The van der Waals surface area contributed by atoms with Gasteiger partial charge in [-0.15, -0.1) is 0 Å². The number of hydrogen-bond acceptors (Lipinski definition) is 3. The van der Waals surface area contributed by atoms with E-state index in [1.807, 2.05) is 12.1 Å². The van der Waals surface area contributed by atoms with E-state index in [0.29, 0.717) is 0 Å². The lowest BCUT2D eigenvalue weighted by Crippen LogP contribution is -2.48. The van der Waals surface area contributed by atoms with E-state index in [4.69, 9.17) is 11.5 Å². The fraction of sp³-hybridized carbons (Fsp3) is 0.533. The van der Waals surface area contributed by atoms with Crippen LogP contribution in [0, 0.1) is 0 Å². The largest absolute Gasteiger partial charge is 0.368 e. The molecule has 102 valence electrons. The number of carbonyl (C=O) groups excluding carboxylic acids is 1. The third-order valence-electron chi connectivity index (χ3n) is 4.50. The lowest BCUT2D eigenvalue weighted by atomic mass is 9.97. The molecule has 0 radical (unpaired) electrons. The predicted octanol–water partition coefficient (Wildman–Crippen LogP) is 1.47. The summed E-state index contributed by atoms with van der Waals surface area (Å²) < 4.78 is 0. The van der Waals surface area contributed by atoms with E-state index in [9.17, 15) is 4.79 Å². The molecule has 1 aromatic carbocycles. The Bertz CT molecular complexity index is 488. The average Bonchev–Trinajstić information content (AvgIpc) is 2.77. The minimum absolute atomic E-state index is 0.0802. The Morgan fingerprint density at radius 2 is 1.95 bits per heavy atom. The molecule has 19 heavy (non-hydrogen) atoms. The molecule has 1 heterocycles. The molecule has 0 aromatic heterocycles. The maximum absolute atomic E-state index is 11.7. The van der Waals surface area contributed by atoms with Gasteiger partial charge in [0.15, 0.2) is 0 Å². The number of rotatable bonds is 2. The Morgan fingerprint density at radius 3 is 2.68 bits per heavy atom. The van der Waals surface area contributed by atoms with E-state index in [1.165, 1.54) is 11.1 Å². The lowest BCUT2D eigenvalue weighted by Gasteiger charge is -2.38. The molecule has 0 saturated carbocycles. The molecule has 0 spiro atoms. The number of piperidine rings is 1. The number of nitrogens with zero attached hydrogens (tertiary/aromatic N) is 1. The number of hydrogen-bond donors (Lipinski definition) is 2. The lowest BCUT2D eigenvalue weighted by molar-refractivity contribution is -0.125. The second kappa shape index (κ2) is 4.94. The highest BCUT2D eigenvalue weighted by Gasteiger charge is 2.38. The molecule has 4 heteroatoms. The Kier molecular flexibility index (Phi) is 3.29. The van der Waals surface area contributed by atoms with Gasteiger partial charge >= 0.3 is 0 Å². The fourth-order valence-electron chi connectivity index (χ4n) is 3.59. The van der Waals surface area contributed by atoms with Crippen molar-refractivity contribution in [2.24, 2.45) is 11.5 Å². The topological polar surface area (TPSA) is 72.4 Å². The van der Waals surface area contributed by atoms with Gasteiger partial charge in [-0.1, -0.05) is 30.7 Å². The average molecular weight is 259 g/mol. The monoisotopic (exact) mass is 259 g/mol. The SMILES string of the molecule is NC(=O)C1CCCCN1C1CC(N)c2ccccc21. The molecule has 4 N–H and O–H groups in total. The van der Waals surface area contributed by atoms with Crippen LogP contribution < -0.4 is 11.5 Å². The quantitative estimate of drug-likeness (QED) is 0.844. The minimum Gasteiger partial charge on any atom is -0.368 e. The first-order valence-corrected chi connectivity index (χ1v) is 7.08. The van der Waals surface area contributed by atoms with Gasteiger partial charge in [-0.2, -0.15) is 0 Å². The van der Waals surface area contributed by atoms with Crippen LogP contribution in [0.3, 0.4) is 0 Å². The van der Waals surface area contributed by atoms with E-state index in [-0.39, 0.29) is 24.0 Å². The Hall–Kier alpha value is -1.39. The van der Waals surface area contributed by atoms with E-state index >= 15 is 0 Å². The van der Waals surface area contributed by atoms with Gasteiger partial charge in [0.1, 0.15) is 0 Å². The van der Waals surface area contributed by atoms with E-state index in [0.717, 1.165) is 32.2 Å². The summed E-state index contributed by atoms with van der Waals surface area (Å²) in [5.41, 5.74) is 14.3. The van der Waals surface area contributed by atoms with Crippen LogP contribution in [0.1, 0.15) is 48.9 Å². The highest BCUT2D eigenvalue weighted by molar-refractivity contribution is 5.80. The Morgan fingerprint density at radius 1 is 1.21 bits per heavy atom. The van der Waals surface area contributed by atoms with Crippen molar-refractivity contribution in [3.8, 4) is 0 Å². The smallest absolute Gasteiger partial charge is 0.234 e. The highest BCUT2D eigenvalue weighted by Crippen LogP contribution is 2.42. The first kappa shape index (κ1) is 12.6. The molecule has 1 amide bonds. The van der Waals surface area contributed by atoms with Crippen molar-refractivity contribution < 1.29 is 4.79 Å². The summed E-state index contributed by atoms with van der Waals surface area (Å²) in [5.74, 6) is -0.197. The molecular formula is C15H21N3O. The zero-order chi connectivity index (χ0) is 13.4. The second-order valence-corrected chi connectivity index (χ2v) is 5.64. The fourth-order valence-corrected chi connectivity index (χ4v) is 3.59. The maximum Gasteiger partial charge on any atom is 0.234 e. The van der Waals surface area contributed by atoms with Gasteiger partial charge in [-0.05, 0) is 36.9 Å². The van der Waals surface area contributed by atoms with E-state index in [1.54, 1.807) is 0 Å². The van der Waals surface area contributed by atoms with Gasteiger partial charge < -0.3 is 11.5 Å². The van der Waals surface area contributed by atoms with Gasteiger partial charge in [0.05, 0.1) is 6.04 Å². The molecule has 3 unspecified atom stereocenters. The summed E-state index contributed by atoms with van der Waals surface area (Å²) in [6, 6.07) is 8.52. The number of carbonyl (C=O) groups is 1. The zero-order valence-electron chi connectivity index (χ0n) is 11.1. The Labute approximate surface area is 113 Å². The molecule has 0 bridgehead atoms. The van der Waals surface area contributed by atoms with Gasteiger partial charge in [0, 0.05) is 12.1 Å². The second-order valence-electron chi connectivity index (χ2n) is 5.64. The summed E-state index contributed by atoms with van der Waals surface area (Å²) in [6.45, 7) is 0.944. The summed E-state index contributed by atoms with van der Waals surface area (Å²) >= 11 is 0. The zero-order valence-corrected chi connectivity index (χ0v) is 11.1. The molecule has 1 aromatic rings. The van der Waals surface area contributed by atoms with Crippen molar-refractivity contribution in [1.29, 1.82) is 0 Å². The van der Waals surface area contributed by atoms with E-state index < -0.39 is 0 Å². The summed E-state index contributed by atoms with van der Waals surface area (Å²) in [7, 11) is 0. The van der Waals surface area contributed by atoms with Gasteiger partial charge in [0.25, 0.3) is 0 Å². The van der Waals surface area contributed by atoms with Gasteiger partial charge in [-0.3, -0.25) is 9.69 Å². The molecule has 1 fully saturated rings. The molecule has 4 nitrogen and oxygen atoms in total. The van der Waals surface area contributed by atoms with Gasteiger partial charge in [-0.25, -0.2) is 0 Å². The van der Waals surface area contributed by atoms with Gasteiger partial charge in [0.2, 0.25) is 5.91 Å². The molecular weight excluding hydrogens is 238 g/mol. The molecule has 2 aliphatic rings. The molecule has 3 rings (SSSR count). The number of fused-ring (bicyclic) bond motifs is 1. The standard InChI is InChI=1S/C15H21N3O/c16-12-9-14(11-6-2-1-5-10(11)12)18-8-4-3-7-13(18)15(17)19/h1-2,5-6,12-14H,3-4,7-9,16H2,(H2,17,19). The third-order valence-corrected chi connectivity index (χ3v) is 4.50. The van der Waals surface area contributed by atoms with Crippen LogP contribution in [0.4, 0.5) is 0 Å². The van der Waals surface area contributed by atoms with Crippen molar-refractivity contribution in [1.82, 2.24) is 4.90 Å². The first-order valence-electron chi connectivity index (χ1n) is 7.08. The summed E-state index contributed by atoms with van der Waals surface area (Å²) in [4.78, 5) is 13.9. The summed E-state index contributed by atoms with van der Waals surface area (Å²) in [6.07, 6.45) is 3.99. The minimum atomic E-state index is -0.197. The van der Waals surface area contributed by atoms with Crippen molar-refractivity contribution in [2.45, 2.75) is 43.8 Å². The third kappa shape index (κ3) is 2.15. The highest BCUT2D eigenvalue weighted by atomic mass is 16.1. The Balaban J connectivity index is 1.92. The summed E-state index contributed by atoms with van der Waals surface area (Å²) in [5, 5.41) is 0. The van der Waals surface area contributed by atoms with Crippen molar-refractivity contribution in [2.75, 3.05) is 6.54 Å². The maximum atomic E-state index is 11.7. The first-order chi connectivity index (χ1) is 9.18. The normalized spacial score (nSPS) is 31.1. The molecule has 1 aliphatic carbocycles. The van der Waals surface area contributed by atoms with Crippen molar-refractivity contribution >= 4 is 5.91 Å². The van der Waals surface area contributed by atoms with Crippen LogP contribution in [-0.2, 0) is 4.79 Å². The molecule has 1 saturated heterocycles. The van der Waals surface area contributed by atoms with Crippen LogP contribution in [0.5, 0.6) is 0 Å². The number of benzene rings is 1. The van der Waals surface area contributed by atoms with Crippen LogP contribution >= 0.6 is 0 Å². The van der Waals surface area contributed by atoms with Crippen molar-refractivity contribution in [3.05, 3.63) is 35.4 Å². The number of amides is 1. The molecule has 1 aliphatic heterocycles. The predicted molar refractivity (Wildman–Crippen MR) is 74.3 cm³/mol. The van der Waals surface area contributed by atoms with Crippen LogP contribution in [0.2, 0.25) is 0 Å². The molecule has 3 atom stereocenters. The number of primary amides is 1. The number of likely N-dealkylation sites (tertiary alicyclic amines) is 1. The van der Waals surface area contributed by atoms with Crippen LogP contribution in [0.25, 0.3) is 0 Å². The van der Waals surface area contributed by atoms with Crippen LogP contribution in [0.15, 0.2) is 24.3 Å². The van der Waals surface area contributed by atoms with Crippen LogP contribution in [-0.4, -0.2) is 23.4 Å². The van der Waals surface area contributed by atoms with E-state index in [2.05, 4.69) is 17.0 Å².